The number of nitrogens with one attached hydrogen (secondary N) is 1. The first-order chi connectivity index (χ1) is 8.17. The van der Waals surface area contributed by atoms with E-state index in [9.17, 15) is 0 Å². The number of aryl methyl sites for hydroxylation is 1. The smallest absolute Gasteiger partial charge is 0.0931 e. The van der Waals surface area contributed by atoms with Crippen LogP contribution in [0.5, 0.6) is 0 Å². The van der Waals surface area contributed by atoms with Gasteiger partial charge in [0.1, 0.15) is 0 Å². The summed E-state index contributed by atoms with van der Waals surface area (Å²) in [6, 6.07) is 4.16. The lowest BCUT2D eigenvalue weighted by molar-refractivity contribution is 0.521. The maximum Gasteiger partial charge on any atom is 0.0931 e. The van der Waals surface area contributed by atoms with Crippen molar-refractivity contribution in [2.24, 2.45) is 5.84 Å². The molecule has 6 heteroatoms. The van der Waals surface area contributed by atoms with Gasteiger partial charge in [0.25, 0.3) is 0 Å². The molecule has 0 fully saturated rings. The Bertz CT molecular complexity index is 438. The van der Waals surface area contributed by atoms with Gasteiger partial charge in [-0.3, -0.25) is 11.3 Å². The number of thiazole rings is 1. The molecule has 2 rings (SSSR count). The first-order valence-electron chi connectivity index (χ1n) is 5.28. The summed E-state index contributed by atoms with van der Waals surface area (Å²) in [5.74, 6) is 5.58. The van der Waals surface area contributed by atoms with Gasteiger partial charge in [-0.2, -0.15) is 0 Å². The van der Waals surface area contributed by atoms with E-state index in [1.807, 2.05) is 19.1 Å². The second kappa shape index (κ2) is 5.93. The normalized spacial score (nSPS) is 12.9. The molecule has 1 unspecified atom stereocenters. The van der Waals surface area contributed by atoms with Crippen molar-refractivity contribution in [3.05, 3.63) is 37.4 Å². The molecule has 0 bridgehead atoms. The molecule has 1 atom stereocenters. The van der Waals surface area contributed by atoms with Crippen LogP contribution in [-0.2, 0) is 12.8 Å². The predicted molar refractivity (Wildman–Crippen MR) is 74.7 cm³/mol. The van der Waals surface area contributed by atoms with Crippen LogP contribution in [0.3, 0.4) is 0 Å². The molecule has 17 heavy (non-hydrogen) atoms. The van der Waals surface area contributed by atoms with Crippen LogP contribution >= 0.6 is 34.3 Å². The topological polar surface area (TPSA) is 50.9 Å². The molecule has 0 radical (unpaired) electrons. The monoisotopic (exact) mass is 287 g/mol. The fourth-order valence-electron chi connectivity index (χ4n) is 1.65. The summed E-state index contributed by atoms with van der Waals surface area (Å²) in [6.45, 7) is 2.01. The highest BCUT2D eigenvalue weighted by molar-refractivity contribution is 7.16. The van der Waals surface area contributed by atoms with Crippen LogP contribution < -0.4 is 11.3 Å². The molecule has 92 valence electrons. The number of hydrogen-bond acceptors (Lipinski definition) is 5. The number of hydrogen-bond donors (Lipinski definition) is 2. The minimum atomic E-state index is 0.200. The second-order valence-corrected chi connectivity index (χ2v) is 6.70. The quantitative estimate of drug-likeness (QED) is 0.657. The van der Waals surface area contributed by atoms with Gasteiger partial charge >= 0.3 is 0 Å². The lowest BCUT2D eigenvalue weighted by Gasteiger charge is -2.13. The Labute approximate surface area is 114 Å². The minimum absolute atomic E-state index is 0.200. The van der Waals surface area contributed by atoms with Gasteiger partial charge in [0.15, 0.2) is 0 Å². The predicted octanol–water partition coefficient (Wildman–Crippen LogP) is 2.78. The van der Waals surface area contributed by atoms with Crippen LogP contribution in [0.15, 0.2) is 17.5 Å². The molecule has 0 aromatic carbocycles. The third kappa shape index (κ3) is 3.76. The lowest BCUT2D eigenvalue weighted by Crippen LogP contribution is -2.38. The molecule has 0 spiro atoms. The van der Waals surface area contributed by atoms with E-state index in [0.29, 0.717) is 0 Å². The summed E-state index contributed by atoms with van der Waals surface area (Å²) >= 11 is 9.18. The highest BCUT2D eigenvalue weighted by atomic mass is 35.5. The number of aromatic nitrogens is 1. The molecule has 0 aliphatic heterocycles. The fraction of sp³-hybridized carbons (Fsp3) is 0.364. The number of thiophene rings is 1. The molecule has 0 aliphatic carbocycles. The van der Waals surface area contributed by atoms with Crippen LogP contribution in [-0.4, -0.2) is 11.0 Å². The van der Waals surface area contributed by atoms with Crippen molar-refractivity contribution in [3.63, 3.8) is 0 Å². The van der Waals surface area contributed by atoms with Crippen molar-refractivity contribution in [2.75, 3.05) is 0 Å². The zero-order chi connectivity index (χ0) is 12.3. The molecule has 3 N–H and O–H groups in total. The van der Waals surface area contributed by atoms with Gasteiger partial charge in [-0.05, 0) is 25.5 Å². The summed E-state index contributed by atoms with van der Waals surface area (Å²) in [4.78, 5) is 5.69. The van der Waals surface area contributed by atoms with Crippen LogP contribution in [0, 0.1) is 6.92 Å². The number of rotatable bonds is 5. The van der Waals surface area contributed by atoms with Crippen molar-refractivity contribution in [3.8, 4) is 0 Å². The Morgan fingerprint density at radius 2 is 2.29 bits per heavy atom. The summed E-state index contributed by atoms with van der Waals surface area (Å²) in [5, 5.41) is 3.18. The summed E-state index contributed by atoms with van der Waals surface area (Å²) < 4.78 is 0.820. The van der Waals surface area contributed by atoms with Crippen molar-refractivity contribution in [1.29, 1.82) is 0 Å². The first kappa shape index (κ1) is 13.0. The first-order valence-corrected chi connectivity index (χ1v) is 7.36. The zero-order valence-corrected chi connectivity index (χ0v) is 11.8. The number of nitrogens with zero attached hydrogens (tertiary/aromatic N) is 1. The maximum atomic E-state index is 5.91. The highest BCUT2D eigenvalue weighted by Crippen LogP contribution is 2.23. The summed E-state index contributed by atoms with van der Waals surface area (Å²) in [6.07, 6.45) is 1.72. The molecular formula is C11H14ClN3S2. The van der Waals surface area contributed by atoms with E-state index in [-0.39, 0.29) is 6.04 Å². The van der Waals surface area contributed by atoms with E-state index >= 15 is 0 Å². The van der Waals surface area contributed by atoms with E-state index in [4.69, 9.17) is 17.4 Å². The Morgan fingerprint density at radius 3 is 2.82 bits per heavy atom. The Morgan fingerprint density at radius 1 is 1.47 bits per heavy atom. The molecule has 3 nitrogen and oxygen atoms in total. The third-order valence-electron chi connectivity index (χ3n) is 2.43. The summed E-state index contributed by atoms with van der Waals surface area (Å²) in [5.41, 5.74) is 3.94. The van der Waals surface area contributed by atoms with E-state index < -0.39 is 0 Å². The van der Waals surface area contributed by atoms with Gasteiger partial charge in [-0.15, -0.1) is 22.7 Å². The van der Waals surface area contributed by atoms with Gasteiger partial charge in [-0.1, -0.05) is 11.6 Å². The van der Waals surface area contributed by atoms with Crippen LogP contribution in [0.25, 0.3) is 0 Å². The van der Waals surface area contributed by atoms with E-state index in [0.717, 1.165) is 27.9 Å². The van der Waals surface area contributed by atoms with Crippen LogP contribution in [0.1, 0.15) is 15.6 Å². The molecule has 0 aliphatic rings. The van der Waals surface area contributed by atoms with Crippen molar-refractivity contribution in [2.45, 2.75) is 25.8 Å². The fourth-order valence-corrected chi connectivity index (χ4v) is 3.44. The maximum absolute atomic E-state index is 5.91. The Kier molecular flexibility index (Phi) is 4.53. The van der Waals surface area contributed by atoms with Crippen molar-refractivity contribution < 1.29 is 0 Å². The largest absolute Gasteiger partial charge is 0.271 e. The van der Waals surface area contributed by atoms with E-state index in [2.05, 4.69) is 15.8 Å². The van der Waals surface area contributed by atoms with E-state index in [1.54, 1.807) is 22.7 Å². The molecule has 0 saturated carbocycles. The number of halogens is 1. The van der Waals surface area contributed by atoms with Gasteiger partial charge in [0, 0.05) is 22.7 Å². The van der Waals surface area contributed by atoms with Crippen LogP contribution in [0.4, 0.5) is 0 Å². The van der Waals surface area contributed by atoms with Gasteiger partial charge in [0.05, 0.1) is 15.0 Å². The van der Waals surface area contributed by atoms with Gasteiger partial charge in [-0.25, -0.2) is 4.98 Å². The average Bonchev–Trinajstić information content (AvgIpc) is 2.87. The third-order valence-corrected chi connectivity index (χ3v) is 4.51. The molecule has 0 amide bonds. The number of hydrazine groups is 1. The van der Waals surface area contributed by atoms with Crippen molar-refractivity contribution >= 4 is 34.3 Å². The lowest BCUT2D eigenvalue weighted by atomic mass is 10.1. The highest BCUT2D eigenvalue weighted by Gasteiger charge is 2.12. The number of nitrogens with two attached hydrogens (primary N) is 1. The van der Waals surface area contributed by atoms with E-state index in [1.165, 1.54) is 4.88 Å². The standard InChI is InChI=1S/C11H14ClN3S2/c1-7-14-9(6-16-7)4-8(15-13)5-10-2-3-11(12)17-10/h2-3,6,8,15H,4-5,13H2,1H3. The minimum Gasteiger partial charge on any atom is -0.271 e. The average molecular weight is 288 g/mol. The summed E-state index contributed by atoms with van der Waals surface area (Å²) in [7, 11) is 0. The SMILES string of the molecule is Cc1nc(CC(Cc2ccc(Cl)s2)NN)cs1. The Balaban J connectivity index is 1.97. The molecule has 0 saturated heterocycles. The molecule has 2 aromatic heterocycles. The van der Waals surface area contributed by atoms with Crippen LogP contribution in [0.2, 0.25) is 4.34 Å². The molecular weight excluding hydrogens is 274 g/mol. The zero-order valence-electron chi connectivity index (χ0n) is 9.44. The van der Waals surface area contributed by atoms with Gasteiger partial charge < -0.3 is 0 Å². The Hall–Kier alpha value is -0.460. The van der Waals surface area contributed by atoms with Crippen molar-refractivity contribution in [1.82, 2.24) is 10.4 Å². The second-order valence-electron chi connectivity index (χ2n) is 3.84. The van der Waals surface area contributed by atoms with Gasteiger partial charge in [0.2, 0.25) is 0 Å². The molecule has 2 heterocycles. The molecule has 2 aromatic rings.